The molecular weight excluding hydrogens is 494 g/mol. The first kappa shape index (κ1) is 23.2. The lowest BCUT2D eigenvalue weighted by Gasteiger charge is -2.29. The molecule has 1 fully saturated rings. The van der Waals surface area contributed by atoms with Gasteiger partial charge in [-0.1, -0.05) is 22.9 Å². The van der Waals surface area contributed by atoms with Gasteiger partial charge in [-0.25, -0.2) is 8.42 Å². The fourth-order valence-electron chi connectivity index (χ4n) is 3.72. The monoisotopic (exact) mass is 515 g/mol. The number of hydrogen-bond donors (Lipinski definition) is 0. The number of benzene rings is 1. The van der Waals surface area contributed by atoms with Gasteiger partial charge in [0.15, 0.2) is 4.80 Å². The second-order valence-electron chi connectivity index (χ2n) is 7.28. The van der Waals surface area contributed by atoms with Crippen LogP contribution in [0.2, 0.25) is 4.34 Å². The van der Waals surface area contributed by atoms with E-state index < -0.39 is 10.0 Å². The Hall–Kier alpha value is -1.92. The predicted octanol–water partition coefficient (Wildman–Crippen LogP) is 3.50. The van der Waals surface area contributed by atoms with Crippen LogP contribution >= 0.6 is 34.3 Å². The number of carbonyl (C=O) groups is 1. The summed E-state index contributed by atoms with van der Waals surface area (Å²) in [4.78, 5) is 17.8. The second-order valence-corrected chi connectivity index (χ2v) is 12.1. The fourth-order valence-corrected chi connectivity index (χ4v) is 7.96. The normalized spacial score (nSPS) is 16.6. The molecule has 0 aliphatic carbocycles. The molecule has 0 bridgehead atoms. The predicted molar refractivity (Wildman–Crippen MR) is 125 cm³/mol. The third-order valence-corrected chi connectivity index (χ3v) is 10.2. The summed E-state index contributed by atoms with van der Waals surface area (Å²) in [6.45, 7) is 0.536. The van der Waals surface area contributed by atoms with Gasteiger partial charge in [0, 0.05) is 26.1 Å². The summed E-state index contributed by atoms with van der Waals surface area (Å²) >= 11 is 8.28. The Morgan fingerprint density at radius 3 is 2.34 bits per heavy atom. The SMILES string of the molecule is COc1ccc(OC)c2c1sc(=NC(=O)C1CCN(S(=O)(=O)c3ccc(Cl)s3)CC1)n2C. The molecule has 0 atom stereocenters. The molecule has 1 saturated heterocycles. The van der Waals surface area contributed by atoms with Crippen LogP contribution in [-0.2, 0) is 21.9 Å². The molecule has 3 heterocycles. The summed E-state index contributed by atoms with van der Waals surface area (Å²) in [6, 6.07) is 6.72. The van der Waals surface area contributed by atoms with Crippen LogP contribution in [0.25, 0.3) is 10.2 Å². The minimum absolute atomic E-state index is 0.220. The Morgan fingerprint density at radius 2 is 1.75 bits per heavy atom. The van der Waals surface area contributed by atoms with E-state index in [1.165, 1.54) is 21.7 Å². The van der Waals surface area contributed by atoms with E-state index in [1.54, 1.807) is 20.3 Å². The number of fused-ring (bicyclic) bond motifs is 1. The van der Waals surface area contributed by atoms with Crippen molar-refractivity contribution in [3.63, 3.8) is 0 Å². The highest BCUT2D eigenvalue weighted by Crippen LogP contribution is 2.35. The number of nitrogens with zero attached hydrogens (tertiary/aromatic N) is 3. The lowest BCUT2D eigenvalue weighted by Crippen LogP contribution is -2.40. The molecule has 1 aliphatic rings. The molecule has 1 aromatic carbocycles. The number of carbonyl (C=O) groups excluding carboxylic acids is 1. The number of sulfonamides is 1. The highest BCUT2D eigenvalue weighted by atomic mass is 35.5. The summed E-state index contributed by atoms with van der Waals surface area (Å²) in [5.41, 5.74) is 0.805. The van der Waals surface area contributed by atoms with Crippen molar-refractivity contribution in [2.75, 3.05) is 27.3 Å². The van der Waals surface area contributed by atoms with E-state index in [0.29, 0.717) is 33.5 Å². The number of aromatic nitrogens is 1. The van der Waals surface area contributed by atoms with Crippen LogP contribution in [-0.4, -0.2) is 50.5 Å². The summed E-state index contributed by atoms with van der Waals surface area (Å²) in [5.74, 6) is 0.770. The van der Waals surface area contributed by atoms with Crippen molar-refractivity contribution in [3.8, 4) is 11.5 Å². The Kier molecular flexibility index (Phi) is 6.64. The van der Waals surface area contributed by atoms with Gasteiger partial charge in [-0.05, 0) is 37.1 Å². The zero-order valence-electron chi connectivity index (χ0n) is 17.7. The highest BCUT2D eigenvalue weighted by molar-refractivity contribution is 7.91. The zero-order valence-corrected chi connectivity index (χ0v) is 20.9. The maximum atomic E-state index is 12.9. The molecule has 12 heteroatoms. The topological polar surface area (TPSA) is 90.2 Å². The molecule has 0 N–H and O–H groups in total. The molecule has 8 nitrogen and oxygen atoms in total. The van der Waals surface area contributed by atoms with E-state index in [0.717, 1.165) is 21.6 Å². The Bertz CT molecular complexity index is 1330. The first-order valence-corrected chi connectivity index (χ1v) is 13.3. The molecule has 3 aromatic rings. The quantitative estimate of drug-likeness (QED) is 0.518. The van der Waals surface area contributed by atoms with Gasteiger partial charge in [-0.15, -0.1) is 11.3 Å². The van der Waals surface area contributed by atoms with Crippen molar-refractivity contribution in [1.82, 2.24) is 8.87 Å². The number of thiophene rings is 1. The van der Waals surface area contributed by atoms with Gasteiger partial charge >= 0.3 is 0 Å². The van der Waals surface area contributed by atoms with Crippen LogP contribution in [0, 0.1) is 5.92 Å². The van der Waals surface area contributed by atoms with Crippen molar-refractivity contribution in [2.45, 2.75) is 17.1 Å². The van der Waals surface area contributed by atoms with Crippen LogP contribution in [0.3, 0.4) is 0 Å². The molecule has 0 saturated carbocycles. The van der Waals surface area contributed by atoms with Gasteiger partial charge in [-0.3, -0.25) is 4.79 Å². The fraction of sp³-hybridized carbons (Fsp3) is 0.400. The van der Waals surface area contributed by atoms with Crippen LogP contribution in [0.1, 0.15) is 12.8 Å². The van der Waals surface area contributed by atoms with Crippen molar-refractivity contribution in [1.29, 1.82) is 0 Å². The first-order chi connectivity index (χ1) is 15.3. The molecule has 4 rings (SSSR count). The minimum Gasteiger partial charge on any atom is -0.495 e. The number of thiazole rings is 1. The molecule has 172 valence electrons. The van der Waals surface area contributed by atoms with Crippen LogP contribution in [0.4, 0.5) is 0 Å². The van der Waals surface area contributed by atoms with E-state index in [1.807, 2.05) is 23.7 Å². The average Bonchev–Trinajstić information content (AvgIpc) is 3.37. The average molecular weight is 516 g/mol. The largest absolute Gasteiger partial charge is 0.495 e. The summed E-state index contributed by atoms with van der Waals surface area (Å²) in [6.07, 6.45) is 0.837. The van der Waals surface area contributed by atoms with Crippen LogP contribution in [0.5, 0.6) is 11.5 Å². The molecule has 32 heavy (non-hydrogen) atoms. The molecule has 1 amide bonds. The number of piperidine rings is 1. The molecule has 0 radical (unpaired) electrons. The summed E-state index contributed by atoms with van der Waals surface area (Å²) < 4.78 is 41.2. The number of amides is 1. The Morgan fingerprint density at radius 1 is 1.09 bits per heavy atom. The van der Waals surface area contributed by atoms with Crippen molar-refractivity contribution >= 4 is 60.4 Å². The van der Waals surface area contributed by atoms with E-state index in [9.17, 15) is 13.2 Å². The number of aryl methyl sites for hydroxylation is 1. The lowest BCUT2D eigenvalue weighted by atomic mass is 9.98. The Balaban J connectivity index is 1.55. The number of rotatable bonds is 5. The number of methoxy groups -OCH3 is 2. The third-order valence-electron chi connectivity index (χ3n) is 5.47. The zero-order chi connectivity index (χ0) is 23.0. The maximum absolute atomic E-state index is 12.9. The van der Waals surface area contributed by atoms with Gasteiger partial charge in [0.1, 0.15) is 25.9 Å². The standard InChI is InChI=1S/C20H22ClN3O5S3/c1-23-17-13(28-2)4-5-14(29-3)18(17)31-20(23)22-19(25)12-8-10-24(11-9-12)32(26,27)16-7-6-15(21)30-16/h4-7,12H,8-11H2,1-3H3. The van der Waals surface area contributed by atoms with Crippen molar-refractivity contribution < 1.29 is 22.7 Å². The summed E-state index contributed by atoms with van der Waals surface area (Å²) in [7, 11) is 1.42. The summed E-state index contributed by atoms with van der Waals surface area (Å²) in [5, 5.41) is 0. The minimum atomic E-state index is -3.59. The first-order valence-electron chi connectivity index (χ1n) is 9.81. The molecule has 0 spiro atoms. The van der Waals surface area contributed by atoms with Gasteiger partial charge in [0.25, 0.3) is 15.9 Å². The van der Waals surface area contributed by atoms with Crippen molar-refractivity contribution in [3.05, 3.63) is 33.4 Å². The number of ether oxygens (including phenoxy) is 2. The van der Waals surface area contributed by atoms with Gasteiger partial charge in [0.2, 0.25) is 0 Å². The Labute approximate surface area is 198 Å². The van der Waals surface area contributed by atoms with Gasteiger partial charge in [0.05, 0.1) is 18.6 Å². The number of hydrogen-bond acceptors (Lipinski definition) is 7. The van der Waals surface area contributed by atoms with E-state index >= 15 is 0 Å². The van der Waals surface area contributed by atoms with Crippen molar-refractivity contribution in [2.24, 2.45) is 18.0 Å². The van der Waals surface area contributed by atoms with Gasteiger partial charge < -0.3 is 14.0 Å². The smallest absolute Gasteiger partial charge is 0.252 e. The molecule has 0 unspecified atom stereocenters. The lowest BCUT2D eigenvalue weighted by molar-refractivity contribution is -0.122. The maximum Gasteiger partial charge on any atom is 0.252 e. The van der Waals surface area contributed by atoms with Crippen LogP contribution < -0.4 is 14.3 Å². The van der Waals surface area contributed by atoms with Crippen LogP contribution in [0.15, 0.2) is 33.5 Å². The third kappa shape index (κ3) is 4.19. The van der Waals surface area contributed by atoms with E-state index in [4.69, 9.17) is 21.1 Å². The second kappa shape index (κ2) is 9.14. The van der Waals surface area contributed by atoms with E-state index in [-0.39, 0.29) is 29.1 Å². The van der Waals surface area contributed by atoms with E-state index in [2.05, 4.69) is 4.99 Å². The number of halogens is 1. The molecule has 2 aromatic heterocycles. The molecular formula is C20H22ClN3O5S3. The molecule has 1 aliphatic heterocycles. The van der Waals surface area contributed by atoms with Gasteiger partial charge in [-0.2, -0.15) is 9.30 Å². The highest BCUT2D eigenvalue weighted by Gasteiger charge is 2.33.